The molecule has 1 rings (SSSR count). The molecule has 31 heavy (non-hydrogen) atoms. The van der Waals surface area contributed by atoms with E-state index in [4.69, 9.17) is 14.2 Å². The van der Waals surface area contributed by atoms with E-state index in [1.807, 2.05) is 37.3 Å². The Hall–Kier alpha value is -1.55. The number of benzene rings is 1. The van der Waals surface area contributed by atoms with Crippen molar-refractivity contribution in [2.75, 3.05) is 19.8 Å². The number of carbonyl (C=O) groups is 1. The van der Waals surface area contributed by atoms with Crippen molar-refractivity contribution in [1.82, 2.24) is 0 Å². The highest BCUT2D eigenvalue weighted by Gasteiger charge is 2.19. The van der Waals surface area contributed by atoms with Gasteiger partial charge in [0.2, 0.25) is 0 Å². The van der Waals surface area contributed by atoms with Gasteiger partial charge in [0, 0.05) is 6.61 Å². The third-order valence-electron chi connectivity index (χ3n) is 5.54. The summed E-state index contributed by atoms with van der Waals surface area (Å²) in [6, 6.07) is 9.55. The maximum atomic E-state index is 12.3. The zero-order valence-electron chi connectivity index (χ0n) is 20.1. The molecule has 0 N–H and O–H groups in total. The predicted octanol–water partition coefficient (Wildman–Crippen LogP) is 7.50. The van der Waals surface area contributed by atoms with Gasteiger partial charge in [0.25, 0.3) is 0 Å². The first-order valence-corrected chi connectivity index (χ1v) is 12.7. The van der Waals surface area contributed by atoms with Gasteiger partial charge in [0.15, 0.2) is 6.10 Å². The molecule has 0 spiro atoms. The van der Waals surface area contributed by atoms with Gasteiger partial charge in [-0.05, 0) is 25.5 Å². The summed E-state index contributed by atoms with van der Waals surface area (Å²) in [5.74, 6) is 0.518. The number of rotatable bonds is 21. The van der Waals surface area contributed by atoms with Crippen molar-refractivity contribution < 1.29 is 19.0 Å². The van der Waals surface area contributed by atoms with Crippen LogP contribution in [0.25, 0.3) is 0 Å². The van der Waals surface area contributed by atoms with Crippen molar-refractivity contribution in [3.05, 3.63) is 30.3 Å². The number of carbonyl (C=O) groups excluding carboxylic acids is 1. The smallest absolute Gasteiger partial charge is 0.335 e. The van der Waals surface area contributed by atoms with Crippen molar-refractivity contribution in [2.24, 2.45) is 0 Å². The Kier molecular flexibility index (Phi) is 18.0. The Labute approximate surface area is 191 Å². The Morgan fingerprint density at radius 1 is 0.742 bits per heavy atom. The Bertz CT molecular complexity index is 517. The van der Waals surface area contributed by atoms with Crippen LogP contribution in [0.5, 0.6) is 5.75 Å². The second-order valence-electron chi connectivity index (χ2n) is 8.30. The first-order valence-electron chi connectivity index (χ1n) is 12.7. The molecule has 4 heteroatoms. The molecule has 0 amide bonds. The highest BCUT2D eigenvalue weighted by molar-refractivity contribution is 5.74. The summed E-state index contributed by atoms with van der Waals surface area (Å²) in [5.41, 5.74) is 0. The third-order valence-corrected chi connectivity index (χ3v) is 5.54. The van der Waals surface area contributed by atoms with E-state index in [1.54, 1.807) is 0 Å². The highest BCUT2D eigenvalue weighted by atomic mass is 16.6. The van der Waals surface area contributed by atoms with Crippen molar-refractivity contribution >= 4 is 5.97 Å². The molecule has 4 nitrogen and oxygen atoms in total. The quantitative estimate of drug-likeness (QED) is 0.148. The van der Waals surface area contributed by atoms with E-state index in [2.05, 4.69) is 6.92 Å². The average Bonchev–Trinajstić information content (AvgIpc) is 2.79. The van der Waals surface area contributed by atoms with E-state index < -0.39 is 6.10 Å². The zero-order chi connectivity index (χ0) is 22.4. The largest absolute Gasteiger partial charge is 0.490 e. The Morgan fingerprint density at radius 3 is 1.84 bits per heavy atom. The number of hydrogen-bond donors (Lipinski definition) is 0. The lowest BCUT2D eigenvalue weighted by molar-refractivity contribution is -0.158. The molecular formula is C27H46O4. The summed E-state index contributed by atoms with van der Waals surface area (Å²) in [4.78, 5) is 12.3. The van der Waals surface area contributed by atoms with E-state index >= 15 is 0 Å². The van der Waals surface area contributed by atoms with E-state index in [0.717, 1.165) is 25.0 Å². The minimum absolute atomic E-state index is 0.246. The number of esters is 1. The molecule has 0 fully saturated rings. The zero-order valence-corrected chi connectivity index (χ0v) is 20.1. The molecule has 0 radical (unpaired) electrons. The molecule has 0 aliphatic carbocycles. The lowest BCUT2D eigenvalue weighted by Crippen LogP contribution is -2.28. The summed E-state index contributed by atoms with van der Waals surface area (Å²) >= 11 is 0. The third kappa shape index (κ3) is 15.8. The number of ether oxygens (including phenoxy) is 3. The van der Waals surface area contributed by atoms with E-state index in [-0.39, 0.29) is 12.6 Å². The van der Waals surface area contributed by atoms with Crippen LogP contribution < -0.4 is 4.74 Å². The molecule has 1 unspecified atom stereocenters. The van der Waals surface area contributed by atoms with Crippen LogP contribution in [0, 0.1) is 0 Å². The molecule has 0 saturated heterocycles. The molecule has 1 aromatic rings. The topological polar surface area (TPSA) is 44.8 Å². The highest BCUT2D eigenvalue weighted by Crippen LogP contribution is 2.15. The Morgan fingerprint density at radius 2 is 1.29 bits per heavy atom. The van der Waals surface area contributed by atoms with Gasteiger partial charge in [-0.1, -0.05) is 109 Å². The molecule has 1 atom stereocenters. The summed E-state index contributed by atoms with van der Waals surface area (Å²) in [7, 11) is 0. The van der Waals surface area contributed by atoms with Crippen LogP contribution in [-0.2, 0) is 14.3 Å². The lowest BCUT2D eigenvalue weighted by Gasteiger charge is -2.16. The minimum Gasteiger partial charge on any atom is -0.490 e. The number of hydrogen-bond acceptors (Lipinski definition) is 4. The second kappa shape index (κ2) is 20.4. The predicted molar refractivity (Wildman–Crippen MR) is 129 cm³/mol. The summed E-state index contributed by atoms with van der Waals surface area (Å²) in [6.45, 7) is 5.32. The van der Waals surface area contributed by atoms with Gasteiger partial charge in [-0.2, -0.15) is 0 Å². The van der Waals surface area contributed by atoms with Gasteiger partial charge in [0.05, 0.1) is 0 Å². The van der Waals surface area contributed by atoms with Crippen LogP contribution in [-0.4, -0.2) is 31.9 Å². The van der Waals surface area contributed by atoms with Gasteiger partial charge >= 0.3 is 5.97 Å². The molecule has 0 heterocycles. The summed E-state index contributed by atoms with van der Waals surface area (Å²) < 4.78 is 16.5. The van der Waals surface area contributed by atoms with Crippen LogP contribution in [0.15, 0.2) is 30.3 Å². The van der Waals surface area contributed by atoms with Crippen LogP contribution >= 0.6 is 0 Å². The lowest BCUT2D eigenvalue weighted by atomic mass is 10.0. The van der Waals surface area contributed by atoms with Crippen LogP contribution in [0.1, 0.15) is 104 Å². The molecule has 0 aromatic heterocycles. The van der Waals surface area contributed by atoms with Crippen molar-refractivity contribution in [3.8, 4) is 5.75 Å². The molecule has 0 aliphatic heterocycles. The fourth-order valence-corrected chi connectivity index (χ4v) is 3.73. The van der Waals surface area contributed by atoms with Crippen molar-refractivity contribution in [3.63, 3.8) is 0 Å². The average molecular weight is 435 g/mol. The number of unbranched alkanes of at least 4 members (excludes halogenated alkanes) is 12. The van der Waals surface area contributed by atoms with Gasteiger partial charge in [-0.3, -0.25) is 0 Å². The molecule has 1 aromatic carbocycles. The van der Waals surface area contributed by atoms with Gasteiger partial charge in [0.1, 0.15) is 19.0 Å². The fourth-order valence-electron chi connectivity index (χ4n) is 3.73. The van der Waals surface area contributed by atoms with Gasteiger partial charge in [-0.25, -0.2) is 4.79 Å². The van der Waals surface area contributed by atoms with Crippen LogP contribution in [0.3, 0.4) is 0 Å². The second-order valence-corrected chi connectivity index (χ2v) is 8.30. The first kappa shape index (κ1) is 27.5. The summed E-state index contributed by atoms with van der Waals surface area (Å²) in [5, 5.41) is 0. The molecule has 0 bridgehead atoms. The first-order chi connectivity index (χ1) is 15.3. The maximum Gasteiger partial charge on any atom is 0.335 e. The number of para-hydroxylation sites is 1. The van der Waals surface area contributed by atoms with Gasteiger partial charge < -0.3 is 14.2 Å². The fraction of sp³-hybridized carbons (Fsp3) is 0.741. The maximum absolute atomic E-state index is 12.3. The van der Waals surface area contributed by atoms with E-state index in [1.165, 1.54) is 70.6 Å². The molecule has 178 valence electrons. The van der Waals surface area contributed by atoms with Crippen molar-refractivity contribution in [1.29, 1.82) is 0 Å². The summed E-state index contributed by atoms with van der Waals surface area (Å²) in [6.07, 6.45) is 17.5. The Balaban J connectivity index is 1.99. The minimum atomic E-state index is -0.450. The van der Waals surface area contributed by atoms with Gasteiger partial charge in [-0.15, -0.1) is 0 Å². The van der Waals surface area contributed by atoms with Crippen LogP contribution in [0.4, 0.5) is 0 Å². The standard InChI is InChI=1S/C27H46O4/c1-3-5-6-7-8-9-10-11-12-13-14-15-19-22-26(29-4-2)27(28)31-24-23-30-25-20-17-16-18-21-25/h16-18,20-21,26H,3-15,19,22-24H2,1-2H3. The van der Waals surface area contributed by atoms with E-state index in [9.17, 15) is 4.79 Å². The molecule has 0 aliphatic rings. The van der Waals surface area contributed by atoms with Crippen molar-refractivity contribution in [2.45, 2.75) is 110 Å². The van der Waals surface area contributed by atoms with Crippen LogP contribution in [0.2, 0.25) is 0 Å². The molecule has 0 saturated carbocycles. The SMILES string of the molecule is CCCCCCCCCCCCCCCC(OCC)C(=O)OCCOc1ccccc1. The normalized spacial score (nSPS) is 11.9. The monoisotopic (exact) mass is 434 g/mol. The van der Waals surface area contributed by atoms with E-state index in [0.29, 0.717) is 13.2 Å². The molecular weight excluding hydrogens is 388 g/mol.